The molecule has 0 bridgehead atoms. The quantitative estimate of drug-likeness (QED) is 0.828. The van der Waals surface area contributed by atoms with Crippen molar-refractivity contribution < 1.29 is 9.47 Å². The van der Waals surface area contributed by atoms with E-state index < -0.39 is 0 Å². The maximum Gasteiger partial charge on any atom is 0.119 e. The van der Waals surface area contributed by atoms with Crippen molar-refractivity contribution in [3.63, 3.8) is 0 Å². The van der Waals surface area contributed by atoms with E-state index in [1.807, 2.05) is 24.3 Å². The van der Waals surface area contributed by atoms with E-state index in [9.17, 15) is 0 Å². The van der Waals surface area contributed by atoms with Gasteiger partial charge in [0.15, 0.2) is 0 Å². The Morgan fingerprint density at radius 2 is 2.06 bits per heavy atom. The Morgan fingerprint density at radius 3 is 2.62 bits per heavy atom. The van der Waals surface area contributed by atoms with Crippen molar-refractivity contribution in [1.29, 1.82) is 0 Å². The standard InChI is InChI=1S/C13H19NO2/c1-15-11-5-3-4-10(8-11)12(14)13(16-2)9-6-7-9/h3-5,8-9,12-13H,6-7,14H2,1-2H3. The predicted octanol–water partition coefficient (Wildman–Crippen LogP) is 2.12. The molecule has 2 rings (SSSR count). The summed E-state index contributed by atoms with van der Waals surface area (Å²) in [6.45, 7) is 0. The SMILES string of the molecule is COc1cccc(C(N)C(OC)C2CC2)c1. The summed E-state index contributed by atoms with van der Waals surface area (Å²) in [5.41, 5.74) is 7.32. The molecule has 0 amide bonds. The van der Waals surface area contributed by atoms with Gasteiger partial charge in [0, 0.05) is 7.11 Å². The first kappa shape index (κ1) is 11.4. The number of methoxy groups -OCH3 is 2. The van der Waals surface area contributed by atoms with Crippen molar-refractivity contribution in [3.8, 4) is 5.75 Å². The number of benzene rings is 1. The summed E-state index contributed by atoms with van der Waals surface area (Å²) in [5.74, 6) is 1.48. The van der Waals surface area contributed by atoms with Crippen LogP contribution in [0.2, 0.25) is 0 Å². The molecule has 3 nitrogen and oxygen atoms in total. The molecule has 1 aliphatic rings. The van der Waals surface area contributed by atoms with Crippen LogP contribution in [0.5, 0.6) is 5.75 Å². The lowest BCUT2D eigenvalue weighted by Gasteiger charge is -2.23. The number of rotatable bonds is 5. The maximum atomic E-state index is 6.23. The molecule has 0 saturated heterocycles. The number of ether oxygens (including phenoxy) is 2. The highest BCUT2D eigenvalue weighted by molar-refractivity contribution is 5.31. The highest BCUT2D eigenvalue weighted by atomic mass is 16.5. The van der Waals surface area contributed by atoms with Crippen molar-refractivity contribution in [1.82, 2.24) is 0 Å². The third kappa shape index (κ3) is 2.36. The fraction of sp³-hybridized carbons (Fsp3) is 0.538. The van der Waals surface area contributed by atoms with Gasteiger partial charge in [0.1, 0.15) is 5.75 Å². The number of nitrogens with two attached hydrogens (primary N) is 1. The molecular formula is C13H19NO2. The predicted molar refractivity (Wildman–Crippen MR) is 63.4 cm³/mol. The van der Waals surface area contributed by atoms with Crippen molar-refractivity contribution in [2.45, 2.75) is 25.0 Å². The van der Waals surface area contributed by atoms with E-state index in [1.54, 1.807) is 14.2 Å². The summed E-state index contributed by atoms with van der Waals surface area (Å²) in [6.07, 6.45) is 2.60. The molecule has 1 aliphatic carbocycles. The number of hydrogen-bond acceptors (Lipinski definition) is 3. The van der Waals surface area contributed by atoms with Crippen molar-refractivity contribution in [2.24, 2.45) is 11.7 Å². The van der Waals surface area contributed by atoms with E-state index in [-0.39, 0.29) is 12.1 Å². The molecule has 1 aromatic carbocycles. The van der Waals surface area contributed by atoms with Gasteiger partial charge in [0.2, 0.25) is 0 Å². The Bertz CT molecular complexity index is 350. The zero-order valence-corrected chi connectivity index (χ0v) is 9.85. The third-order valence-electron chi connectivity index (χ3n) is 3.19. The van der Waals surface area contributed by atoms with Crippen LogP contribution in [0.15, 0.2) is 24.3 Å². The van der Waals surface area contributed by atoms with Crippen LogP contribution in [0.25, 0.3) is 0 Å². The summed E-state index contributed by atoms with van der Waals surface area (Å²) in [5, 5.41) is 0. The van der Waals surface area contributed by atoms with Gasteiger partial charge in [-0.15, -0.1) is 0 Å². The molecule has 3 heteroatoms. The Balaban J connectivity index is 2.14. The van der Waals surface area contributed by atoms with Crippen LogP contribution >= 0.6 is 0 Å². The molecule has 0 aliphatic heterocycles. The molecule has 1 saturated carbocycles. The summed E-state index contributed by atoms with van der Waals surface area (Å²) < 4.78 is 10.7. The van der Waals surface area contributed by atoms with Gasteiger partial charge in [-0.1, -0.05) is 12.1 Å². The van der Waals surface area contributed by atoms with Crippen LogP contribution in [0.4, 0.5) is 0 Å². The first-order chi connectivity index (χ1) is 7.76. The van der Waals surface area contributed by atoms with Gasteiger partial charge in [-0.3, -0.25) is 0 Å². The van der Waals surface area contributed by atoms with Crippen LogP contribution in [0, 0.1) is 5.92 Å². The molecule has 2 atom stereocenters. The molecular weight excluding hydrogens is 202 g/mol. The van der Waals surface area contributed by atoms with E-state index in [2.05, 4.69) is 0 Å². The molecule has 2 unspecified atom stereocenters. The molecule has 0 aromatic heterocycles. The Labute approximate surface area is 96.5 Å². The average molecular weight is 221 g/mol. The van der Waals surface area contributed by atoms with Gasteiger partial charge in [-0.2, -0.15) is 0 Å². The van der Waals surface area contributed by atoms with Crippen molar-refractivity contribution in [2.75, 3.05) is 14.2 Å². The average Bonchev–Trinajstić information content (AvgIpc) is 3.14. The highest BCUT2D eigenvalue weighted by Crippen LogP contribution is 2.39. The normalized spacial score (nSPS) is 19.2. The molecule has 0 spiro atoms. The third-order valence-corrected chi connectivity index (χ3v) is 3.19. The van der Waals surface area contributed by atoms with E-state index in [4.69, 9.17) is 15.2 Å². The second-order valence-electron chi connectivity index (χ2n) is 4.34. The second-order valence-corrected chi connectivity index (χ2v) is 4.34. The highest BCUT2D eigenvalue weighted by Gasteiger charge is 2.35. The summed E-state index contributed by atoms with van der Waals surface area (Å²) >= 11 is 0. The van der Waals surface area contributed by atoms with Gasteiger partial charge in [-0.25, -0.2) is 0 Å². The minimum absolute atomic E-state index is 0.0624. The Hall–Kier alpha value is -1.06. The lowest BCUT2D eigenvalue weighted by atomic mass is 9.99. The topological polar surface area (TPSA) is 44.5 Å². The van der Waals surface area contributed by atoms with Gasteiger partial charge in [0.25, 0.3) is 0 Å². The zero-order chi connectivity index (χ0) is 11.5. The van der Waals surface area contributed by atoms with Gasteiger partial charge < -0.3 is 15.2 Å². The van der Waals surface area contributed by atoms with Gasteiger partial charge >= 0.3 is 0 Å². The van der Waals surface area contributed by atoms with Crippen LogP contribution in [-0.2, 0) is 4.74 Å². The largest absolute Gasteiger partial charge is 0.497 e. The molecule has 88 valence electrons. The van der Waals surface area contributed by atoms with E-state index in [0.717, 1.165) is 11.3 Å². The molecule has 1 aromatic rings. The minimum atomic E-state index is -0.0624. The second kappa shape index (κ2) is 4.85. The fourth-order valence-corrected chi connectivity index (χ4v) is 2.10. The van der Waals surface area contributed by atoms with Crippen LogP contribution < -0.4 is 10.5 Å². The monoisotopic (exact) mass is 221 g/mol. The molecule has 1 fully saturated rings. The van der Waals surface area contributed by atoms with Crippen molar-refractivity contribution >= 4 is 0 Å². The summed E-state index contributed by atoms with van der Waals surface area (Å²) in [4.78, 5) is 0. The fourth-order valence-electron chi connectivity index (χ4n) is 2.10. The van der Waals surface area contributed by atoms with Crippen LogP contribution in [-0.4, -0.2) is 20.3 Å². The maximum absolute atomic E-state index is 6.23. The summed E-state index contributed by atoms with van der Waals surface area (Å²) in [7, 11) is 3.41. The lowest BCUT2D eigenvalue weighted by molar-refractivity contribution is 0.0623. The zero-order valence-electron chi connectivity index (χ0n) is 9.85. The first-order valence-electron chi connectivity index (χ1n) is 5.68. The molecule has 0 heterocycles. The van der Waals surface area contributed by atoms with Gasteiger partial charge in [0.05, 0.1) is 19.3 Å². The van der Waals surface area contributed by atoms with E-state index in [1.165, 1.54) is 12.8 Å². The minimum Gasteiger partial charge on any atom is -0.497 e. The van der Waals surface area contributed by atoms with Crippen LogP contribution in [0.3, 0.4) is 0 Å². The number of hydrogen-bond donors (Lipinski definition) is 1. The van der Waals surface area contributed by atoms with Crippen LogP contribution in [0.1, 0.15) is 24.4 Å². The van der Waals surface area contributed by atoms with E-state index >= 15 is 0 Å². The Kier molecular flexibility index (Phi) is 3.46. The Morgan fingerprint density at radius 1 is 1.31 bits per heavy atom. The molecule has 16 heavy (non-hydrogen) atoms. The molecule has 2 N–H and O–H groups in total. The van der Waals surface area contributed by atoms with Gasteiger partial charge in [-0.05, 0) is 36.5 Å². The van der Waals surface area contributed by atoms with E-state index in [0.29, 0.717) is 5.92 Å². The van der Waals surface area contributed by atoms with Crippen molar-refractivity contribution in [3.05, 3.63) is 29.8 Å². The lowest BCUT2D eigenvalue weighted by Crippen LogP contribution is -2.29. The summed E-state index contributed by atoms with van der Waals surface area (Å²) in [6, 6.07) is 7.84. The smallest absolute Gasteiger partial charge is 0.119 e. The first-order valence-corrected chi connectivity index (χ1v) is 5.68. The molecule has 0 radical (unpaired) electrons.